The summed E-state index contributed by atoms with van der Waals surface area (Å²) in [5, 5.41) is 17.4. The first-order valence-corrected chi connectivity index (χ1v) is 10.3. The molecule has 0 fully saturated rings. The van der Waals surface area contributed by atoms with Crippen molar-refractivity contribution < 1.29 is 19.1 Å². The van der Waals surface area contributed by atoms with Gasteiger partial charge in [-0.3, -0.25) is 0 Å². The molecule has 5 nitrogen and oxygen atoms in total. The van der Waals surface area contributed by atoms with Crippen LogP contribution < -0.4 is 24.5 Å². The van der Waals surface area contributed by atoms with Gasteiger partial charge in [-0.25, -0.2) is 0 Å². The number of halogens is 1. The highest BCUT2D eigenvalue weighted by Gasteiger charge is 2.20. The Labute approximate surface area is 192 Å². The molecule has 3 aromatic rings. The van der Waals surface area contributed by atoms with E-state index in [4.69, 9.17) is 33.3 Å². The van der Waals surface area contributed by atoms with Crippen LogP contribution in [-0.4, -0.2) is 19.2 Å². The van der Waals surface area contributed by atoms with E-state index in [1.54, 1.807) is 42.1 Å². The summed E-state index contributed by atoms with van der Waals surface area (Å²) in [7, 11) is 3.08. The van der Waals surface area contributed by atoms with Crippen molar-refractivity contribution in [3.63, 3.8) is 0 Å². The minimum absolute atomic E-state index is 0.256. The van der Waals surface area contributed by atoms with Gasteiger partial charge in [0.2, 0.25) is 5.70 Å². The van der Waals surface area contributed by atoms with Gasteiger partial charge in [0.25, 0.3) is 0 Å². The van der Waals surface area contributed by atoms with Crippen LogP contribution >= 0.6 is 23.8 Å². The third-order valence-electron chi connectivity index (χ3n) is 4.80. The van der Waals surface area contributed by atoms with E-state index in [1.165, 1.54) is 7.11 Å². The van der Waals surface area contributed by atoms with Crippen LogP contribution in [0.3, 0.4) is 0 Å². The van der Waals surface area contributed by atoms with Gasteiger partial charge in [-0.05, 0) is 61.1 Å². The molecular formula is C24H23ClN2O3S. The first kappa shape index (κ1) is 22.6. The highest BCUT2D eigenvalue weighted by Crippen LogP contribution is 2.30. The Hall–Kier alpha value is -3.09. The molecule has 160 valence electrons. The number of aromatic nitrogens is 1. The van der Waals surface area contributed by atoms with Crippen molar-refractivity contribution in [2.24, 2.45) is 0 Å². The fourth-order valence-electron chi connectivity index (χ4n) is 3.11. The quantitative estimate of drug-likeness (QED) is 0.259. The molecule has 0 unspecified atom stereocenters. The summed E-state index contributed by atoms with van der Waals surface area (Å²) >= 11 is 11.9. The maximum Gasteiger partial charge on any atom is 0.238 e. The number of pyridine rings is 1. The van der Waals surface area contributed by atoms with Crippen LogP contribution in [0.15, 0.2) is 60.9 Å². The summed E-state index contributed by atoms with van der Waals surface area (Å²) in [6.07, 6.45) is 3.65. The Bertz CT molecular complexity index is 1160. The minimum Gasteiger partial charge on any atom is -0.867 e. The molecule has 31 heavy (non-hydrogen) atoms. The molecular weight excluding hydrogens is 432 g/mol. The molecule has 0 aliphatic carbocycles. The number of anilines is 1. The van der Waals surface area contributed by atoms with E-state index in [-0.39, 0.29) is 10.7 Å². The molecule has 7 heteroatoms. The third kappa shape index (κ3) is 4.98. The lowest BCUT2D eigenvalue weighted by molar-refractivity contribution is -0.578. The van der Waals surface area contributed by atoms with Crippen molar-refractivity contribution in [1.82, 2.24) is 0 Å². The highest BCUT2D eigenvalue weighted by molar-refractivity contribution is 7.81. The van der Waals surface area contributed by atoms with Crippen molar-refractivity contribution in [3.05, 3.63) is 82.6 Å². The Morgan fingerprint density at radius 2 is 1.77 bits per heavy atom. The molecule has 0 aliphatic heterocycles. The Morgan fingerprint density at radius 3 is 2.45 bits per heavy atom. The number of methoxy groups -OCH3 is 2. The fourth-order valence-corrected chi connectivity index (χ4v) is 3.59. The highest BCUT2D eigenvalue weighted by atomic mass is 35.5. The minimum atomic E-state index is -0.256. The number of ether oxygens (including phenoxy) is 2. The van der Waals surface area contributed by atoms with Gasteiger partial charge < -0.3 is 19.9 Å². The Morgan fingerprint density at radius 1 is 1.03 bits per heavy atom. The number of rotatable bonds is 6. The van der Waals surface area contributed by atoms with Crippen molar-refractivity contribution in [2.75, 3.05) is 19.5 Å². The van der Waals surface area contributed by atoms with Crippen LogP contribution in [-0.2, 0) is 0 Å². The van der Waals surface area contributed by atoms with Crippen molar-refractivity contribution >= 4 is 46.0 Å². The molecule has 2 aromatic carbocycles. The van der Waals surface area contributed by atoms with E-state index in [0.717, 1.165) is 16.8 Å². The second-order valence-electron chi connectivity index (χ2n) is 6.90. The fraction of sp³-hybridized carbons (Fsp3) is 0.167. The molecule has 0 saturated heterocycles. The Kier molecular flexibility index (Phi) is 7.15. The van der Waals surface area contributed by atoms with Crippen LogP contribution in [0.1, 0.15) is 16.7 Å². The monoisotopic (exact) mass is 454 g/mol. The standard InChI is InChI=1S/C24H23ClN2O3S/c1-15-7-6-12-27(14-15)22(24(31)26-19-9-5-8-18(25)16(19)2)23(28)17-10-11-20(29-3)21(13-17)30-4/h5-14H,1-4H3,(H-,26,28,31). The van der Waals surface area contributed by atoms with E-state index in [0.29, 0.717) is 27.8 Å². The molecule has 0 spiro atoms. The van der Waals surface area contributed by atoms with Crippen molar-refractivity contribution in [2.45, 2.75) is 13.8 Å². The topological polar surface area (TPSA) is 57.4 Å². The summed E-state index contributed by atoms with van der Waals surface area (Å²) in [6.45, 7) is 3.84. The summed E-state index contributed by atoms with van der Waals surface area (Å²) in [6, 6.07) is 14.3. The maximum atomic E-state index is 13.6. The maximum absolute atomic E-state index is 13.6. The van der Waals surface area contributed by atoms with Crippen molar-refractivity contribution in [1.29, 1.82) is 0 Å². The molecule has 1 N–H and O–H groups in total. The van der Waals surface area contributed by atoms with E-state index in [2.05, 4.69) is 5.32 Å². The van der Waals surface area contributed by atoms with Gasteiger partial charge in [0.1, 0.15) is 0 Å². The lowest BCUT2D eigenvalue weighted by Gasteiger charge is -2.19. The zero-order valence-electron chi connectivity index (χ0n) is 17.7. The number of hydrogen-bond donors (Lipinski definition) is 1. The van der Waals surface area contributed by atoms with Gasteiger partial charge in [0, 0.05) is 22.3 Å². The molecule has 0 saturated carbocycles. The van der Waals surface area contributed by atoms with E-state index in [1.807, 2.05) is 44.3 Å². The Balaban J connectivity index is 2.14. The van der Waals surface area contributed by atoms with Crippen LogP contribution in [0, 0.1) is 13.8 Å². The third-order valence-corrected chi connectivity index (χ3v) is 5.50. The largest absolute Gasteiger partial charge is 0.867 e. The second kappa shape index (κ2) is 9.81. The lowest BCUT2D eigenvalue weighted by atomic mass is 10.1. The molecule has 3 rings (SSSR count). The normalized spacial score (nSPS) is 11.5. The molecule has 1 aromatic heterocycles. The number of aryl methyl sites for hydroxylation is 1. The summed E-state index contributed by atoms with van der Waals surface area (Å²) in [4.78, 5) is 0.278. The summed E-state index contributed by atoms with van der Waals surface area (Å²) in [5.41, 5.74) is 3.31. The average Bonchev–Trinajstić information content (AvgIpc) is 2.76. The van der Waals surface area contributed by atoms with Crippen LogP contribution in [0.5, 0.6) is 11.5 Å². The van der Waals surface area contributed by atoms with E-state index in [9.17, 15) is 5.11 Å². The van der Waals surface area contributed by atoms with Gasteiger partial charge >= 0.3 is 0 Å². The molecule has 0 bridgehead atoms. The molecule has 0 atom stereocenters. The first-order chi connectivity index (χ1) is 14.8. The smallest absolute Gasteiger partial charge is 0.238 e. The number of thiocarbonyl (C=S) groups is 1. The number of hydrogen-bond acceptors (Lipinski definition) is 4. The van der Waals surface area contributed by atoms with Gasteiger partial charge in [-0.1, -0.05) is 36.0 Å². The summed E-state index contributed by atoms with van der Waals surface area (Å²) in [5.74, 6) is 0.749. The number of nitrogens with one attached hydrogen (secondary N) is 1. The molecule has 0 aliphatic rings. The zero-order valence-corrected chi connectivity index (χ0v) is 19.3. The van der Waals surface area contributed by atoms with Gasteiger partial charge in [-0.2, -0.15) is 4.57 Å². The second-order valence-corrected chi connectivity index (χ2v) is 7.72. The zero-order chi connectivity index (χ0) is 22.5. The van der Waals surface area contributed by atoms with Gasteiger partial charge in [-0.15, -0.1) is 0 Å². The van der Waals surface area contributed by atoms with Crippen LogP contribution in [0.25, 0.3) is 11.5 Å². The average molecular weight is 455 g/mol. The van der Waals surface area contributed by atoms with Gasteiger partial charge in [0.05, 0.1) is 14.2 Å². The first-order valence-electron chi connectivity index (χ1n) is 9.54. The van der Waals surface area contributed by atoms with Crippen LogP contribution in [0.4, 0.5) is 5.69 Å². The van der Waals surface area contributed by atoms with Crippen LogP contribution in [0.2, 0.25) is 5.02 Å². The molecule has 0 amide bonds. The molecule has 1 heterocycles. The lowest BCUT2D eigenvalue weighted by Crippen LogP contribution is -2.40. The summed E-state index contributed by atoms with van der Waals surface area (Å²) < 4.78 is 12.4. The van der Waals surface area contributed by atoms with E-state index >= 15 is 0 Å². The predicted molar refractivity (Wildman–Crippen MR) is 126 cm³/mol. The molecule has 0 radical (unpaired) electrons. The van der Waals surface area contributed by atoms with Gasteiger partial charge in [0.15, 0.2) is 28.9 Å². The predicted octanol–water partition coefficient (Wildman–Crippen LogP) is 4.39. The SMILES string of the molecule is COc1ccc(C([O-])=C(C(=S)Nc2cccc(Cl)c2C)[n+]2cccc(C)c2)cc1OC. The number of nitrogens with zero attached hydrogens (tertiary/aromatic N) is 1. The van der Waals surface area contributed by atoms with Crippen molar-refractivity contribution in [3.8, 4) is 11.5 Å². The number of benzene rings is 2. The van der Waals surface area contributed by atoms with E-state index < -0.39 is 0 Å².